The van der Waals surface area contributed by atoms with Crippen LogP contribution in [0, 0.1) is 5.82 Å². The second-order valence-electron chi connectivity index (χ2n) is 4.59. The van der Waals surface area contributed by atoms with E-state index < -0.39 is 11.4 Å². The van der Waals surface area contributed by atoms with Gasteiger partial charge in [0.25, 0.3) is 0 Å². The predicted molar refractivity (Wildman–Crippen MR) is 75.9 cm³/mol. The first-order valence-corrected chi connectivity index (χ1v) is 7.14. The lowest BCUT2D eigenvalue weighted by Crippen LogP contribution is -2.28. The molecule has 1 aromatic carbocycles. The first-order valence-electron chi connectivity index (χ1n) is 5.47. The number of hydrogen-bond donors (Lipinski definition) is 1. The van der Waals surface area contributed by atoms with Gasteiger partial charge in [-0.1, -0.05) is 15.9 Å². The van der Waals surface area contributed by atoms with E-state index in [2.05, 4.69) is 20.9 Å². The Bertz CT molecular complexity index is 639. The van der Waals surface area contributed by atoms with Gasteiger partial charge < -0.3 is 5.11 Å². The van der Waals surface area contributed by atoms with Crippen molar-refractivity contribution < 1.29 is 14.3 Å². The van der Waals surface area contributed by atoms with E-state index in [4.69, 9.17) is 5.11 Å². The molecule has 0 aliphatic rings. The first-order chi connectivity index (χ1) is 8.82. The van der Waals surface area contributed by atoms with Crippen LogP contribution < -0.4 is 0 Å². The van der Waals surface area contributed by atoms with Crippen molar-refractivity contribution in [1.29, 1.82) is 0 Å². The van der Waals surface area contributed by atoms with E-state index in [-0.39, 0.29) is 5.82 Å². The normalized spacial score (nSPS) is 11.6. The average Bonchev–Trinajstić information content (AvgIpc) is 2.82. The number of thiazole rings is 1. The highest BCUT2D eigenvalue weighted by molar-refractivity contribution is 9.10. The largest absolute Gasteiger partial charge is 0.481 e. The van der Waals surface area contributed by atoms with Crippen molar-refractivity contribution in [2.45, 2.75) is 19.3 Å². The van der Waals surface area contributed by atoms with Gasteiger partial charge in [0.15, 0.2) is 0 Å². The van der Waals surface area contributed by atoms with Crippen molar-refractivity contribution in [3.05, 3.63) is 39.6 Å². The zero-order valence-corrected chi connectivity index (χ0v) is 12.7. The van der Waals surface area contributed by atoms with E-state index in [9.17, 15) is 9.18 Å². The summed E-state index contributed by atoms with van der Waals surface area (Å²) in [4.78, 5) is 15.5. The Hall–Kier alpha value is -1.27. The molecule has 0 amide bonds. The highest BCUT2D eigenvalue weighted by atomic mass is 79.9. The number of rotatable bonds is 3. The summed E-state index contributed by atoms with van der Waals surface area (Å²) in [6.07, 6.45) is 0. The second kappa shape index (κ2) is 5.02. The van der Waals surface area contributed by atoms with Crippen molar-refractivity contribution in [3.8, 4) is 10.6 Å². The molecule has 0 saturated heterocycles. The standard InChI is InChI=1S/C13H11BrFNO2S/c1-13(2,12(17)18)10-6-19-11(16-10)8-5-7(15)3-4-9(8)14/h3-6H,1-2H3,(H,17,18). The van der Waals surface area contributed by atoms with Gasteiger partial charge in [-0.3, -0.25) is 4.79 Å². The minimum Gasteiger partial charge on any atom is -0.481 e. The number of nitrogens with zero attached hydrogens (tertiary/aromatic N) is 1. The molecule has 0 bridgehead atoms. The van der Waals surface area contributed by atoms with Gasteiger partial charge in [0, 0.05) is 15.4 Å². The Morgan fingerprint density at radius 2 is 2.16 bits per heavy atom. The van der Waals surface area contributed by atoms with Gasteiger partial charge in [-0.05, 0) is 32.0 Å². The zero-order valence-electron chi connectivity index (χ0n) is 10.3. The summed E-state index contributed by atoms with van der Waals surface area (Å²) in [5.74, 6) is -1.30. The number of benzene rings is 1. The molecule has 2 aromatic rings. The molecular weight excluding hydrogens is 333 g/mol. The van der Waals surface area contributed by atoms with Crippen molar-refractivity contribution in [2.24, 2.45) is 0 Å². The summed E-state index contributed by atoms with van der Waals surface area (Å²) in [7, 11) is 0. The molecule has 6 heteroatoms. The van der Waals surface area contributed by atoms with Crippen LogP contribution in [0.1, 0.15) is 19.5 Å². The van der Waals surface area contributed by atoms with E-state index in [1.54, 1.807) is 25.3 Å². The molecule has 1 heterocycles. The van der Waals surface area contributed by atoms with Gasteiger partial charge in [-0.2, -0.15) is 0 Å². The zero-order chi connectivity index (χ0) is 14.2. The van der Waals surface area contributed by atoms with Crippen LogP contribution in [0.25, 0.3) is 10.6 Å². The Kier molecular flexibility index (Phi) is 3.73. The van der Waals surface area contributed by atoms with E-state index in [1.807, 2.05) is 0 Å². The van der Waals surface area contributed by atoms with Crippen LogP contribution in [0.2, 0.25) is 0 Å². The molecule has 100 valence electrons. The smallest absolute Gasteiger partial charge is 0.315 e. The molecule has 0 unspecified atom stereocenters. The molecule has 0 saturated carbocycles. The Morgan fingerprint density at radius 1 is 1.47 bits per heavy atom. The third-order valence-electron chi connectivity index (χ3n) is 2.84. The Morgan fingerprint density at radius 3 is 2.79 bits per heavy atom. The maximum atomic E-state index is 13.3. The molecule has 0 aliphatic carbocycles. The van der Waals surface area contributed by atoms with Crippen molar-refractivity contribution in [1.82, 2.24) is 4.98 Å². The van der Waals surface area contributed by atoms with Crippen LogP contribution >= 0.6 is 27.3 Å². The van der Waals surface area contributed by atoms with Gasteiger partial charge in [-0.25, -0.2) is 9.37 Å². The summed E-state index contributed by atoms with van der Waals surface area (Å²) < 4.78 is 14.0. The van der Waals surface area contributed by atoms with Crippen LogP contribution in [0.3, 0.4) is 0 Å². The minimum absolute atomic E-state index is 0.354. The number of halogens is 2. The highest BCUT2D eigenvalue weighted by Gasteiger charge is 2.32. The lowest BCUT2D eigenvalue weighted by atomic mass is 9.90. The lowest BCUT2D eigenvalue weighted by molar-refractivity contribution is -0.142. The van der Waals surface area contributed by atoms with E-state index in [0.29, 0.717) is 16.3 Å². The van der Waals surface area contributed by atoms with Crippen molar-refractivity contribution >= 4 is 33.2 Å². The maximum Gasteiger partial charge on any atom is 0.315 e. The number of hydrogen-bond acceptors (Lipinski definition) is 3. The first kappa shape index (κ1) is 14.1. The molecule has 0 spiro atoms. The summed E-state index contributed by atoms with van der Waals surface area (Å²) in [6.45, 7) is 3.18. The molecule has 0 aliphatic heterocycles. The molecule has 0 fully saturated rings. The molecule has 2 rings (SSSR count). The molecule has 19 heavy (non-hydrogen) atoms. The minimum atomic E-state index is -1.06. The number of carboxylic acid groups (broad SMARTS) is 1. The highest BCUT2D eigenvalue weighted by Crippen LogP contribution is 2.34. The summed E-state index contributed by atoms with van der Waals surface area (Å²) in [5, 5.41) is 11.5. The molecule has 3 nitrogen and oxygen atoms in total. The third-order valence-corrected chi connectivity index (χ3v) is 4.41. The Balaban J connectivity index is 2.47. The van der Waals surface area contributed by atoms with Gasteiger partial charge in [-0.15, -0.1) is 11.3 Å². The SMILES string of the molecule is CC(C)(C(=O)O)c1csc(-c2cc(F)ccc2Br)n1. The van der Waals surface area contributed by atoms with Crippen LogP contribution in [-0.4, -0.2) is 16.1 Å². The number of carbonyl (C=O) groups is 1. The third kappa shape index (κ3) is 2.69. The van der Waals surface area contributed by atoms with Crippen LogP contribution in [0.5, 0.6) is 0 Å². The average molecular weight is 344 g/mol. The quantitative estimate of drug-likeness (QED) is 0.913. The molecule has 0 radical (unpaired) electrons. The molecule has 1 N–H and O–H groups in total. The lowest BCUT2D eigenvalue weighted by Gasteiger charge is -2.15. The van der Waals surface area contributed by atoms with Gasteiger partial charge >= 0.3 is 5.97 Å². The molecular formula is C13H11BrFNO2S. The van der Waals surface area contributed by atoms with E-state index in [1.165, 1.54) is 23.5 Å². The van der Waals surface area contributed by atoms with Gasteiger partial charge in [0.2, 0.25) is 0 Å². The van der Waals surface area contributed by atoms with Crippen LogP contribution in [0.4, 0.5) is 4.39 Å². The monoisotopic (exact) mass is 343 g/mol. The number of aliphatic carboxylic acids is 1. The van der Waals surface area contributed by atoms with Gasteiger partial charge in [0.05, 0.1) is 5.69 Å². The summed E-state index contributed by atoms with van der Waals surface area (Å²) >= 11 is 4.64. The fourth-order valence-corrected chi connectivity index (χ4v) is 3.04. The summed E-state index contributed by atoms with van der Waals surface area (Å²) in [5.41, 5.74) is 0.0303. The molecule has 1 aromatic heterocycles. The summed E-state index contributed by atoms with van der Waals surface area (Å²) in [6, 6.07) is 4.33. The fraction of sp³-hybridized carbons (Fsp3) is 0.231. The number of carboxylic acids is 1. The van der Waals surface area contributed by atoms with Crippen molar-refractivity contribution in [2.75, 3.05) is 0 Å². The Labute approximate surface area is 122 Å². The van der Waals surface area contributed by atoms with Crippen LogP contribution in [-0.2, 0) is 10.2 Å². The topological polar surface area (TPSA) is 50.2 Å². The predicted octanol–water partition coefficient (Wildman–Crippen LogP) is 4.07. The van der Waals surface area contributed by atoms with E-state index in [0.717, 1.165) is 4.47 Å². The maximum absolute atomic E-state index is 13.3. The van der Waals surface area contributed by atoms with Gasteiger partial charge in [0.1, 0.15) is 16.2 Å². The van der Waals surface area contributed by atoms with Crippen molar-refractivity contribution in [3.63, 3.8) is 0 Å². The molecule has 0 atom stereocenters. The number of aromatic nitrogens is 1. The second-order valence-corrected chi connectivity index (χ2v) is 6.30. The fourth-order valence-electron chi connectivity index (χ4n) is 1.46. The van der Waals surface area contributed by atoms with Crippen LogP contribution in [0.15, 0.2) is 28.1 Å². The van der Waals surface area contributed by atoms with E-state index >= 15 is 0 Å².